The van der Waals surface area contributed by atoms with Gasteiger partial charge in [0.15, 0.2) is 0 Å². The molecule has 1 fully saturated rings. The van der Waals surface area contributed by atoms with Crippen molar-refractivity contribution in [2.45, 2.75) is 51.7 Å². The molecule has 3 heterocycles. The molecule has 3 aromatic rings. The Morgan fingerprint density at radius 3 is 2.82 bits per heavy atom. The van der Waals surface area contributed by atoms with Crippen molar-refractivity contribution in [1.29, 1.82) is 0 Å². The van der Waals surface area contributed by atoms with Crippen LogP contribution < -0.4 is 4.74 Å². The molecule has 1 atom stereocenters. The molecule has 0 aliphatic carbocycles. The third-order valence-corrected chi connectivity index (χ3v) is 5.61. The minimum atomic E-state index is 0.580. The van der Waals surface area contributed by atoms with Crippen LogP contribution in [0.15, 0.2) is 47.4 Å². The highest BCUT2D eigenvalue weighted by molar-refractivity contribution is 5.55. The summed E-state index contributed by atoms with van der Waals surface area (Å²) < 4.78 is 13.4. The van der Waals surface area contributed by atoms with Gasteiger partial charge in [-0.15, -0.1) is 0 Å². The molecule has 1 saturated heterocycles. The van der Waals surface area contributed by atoms with Gasteiger partial charge in [0.1, 0.15) is 11.5 Å². The topological polar surface area (TPSA) is 56.3 Å². The maximum Gasteiger partial charge on any atom is 0.226 e. The van der Waals surface area contributed by atoms with E-state index in [2.05, 4.69) is 14.5 Å². The standard InChI is InChI=1S/C22H28N4O2/c1-17-21(24-22(28-17)18-6-8-20(27-2)9-7-18)15-26-12-4-3-5-19(26)10-13-25-14-11-23-16-25/h6-9,11,14,16,19H,3-5,10,12-13,15H2,1-2H3. The minimum Gasteiger partial charge on any atom is -0.497 e. The lowest BCUT2D eigenvalue weighted by molar-refractivity contribution is 0.126. The van der Waals surface area contributed by atoms with Crippen molar-refractivity contribution in [3.05, 3.63) is 54.4 Å². The number of methoxy groups -OCH3 is 1. The Hall–Kier alpha value is -2.60. The second-order valence-corrected chi connectivity index (χ2v) is 7.46. The Labute approximate surface area is 166 Å². The zero-order valence-corrected chi connectivity index (χ0v) is 16.7. The van der Waals surface area contributed by atoms with E-state index >= 15 is 0 Å². The Morgan fingerprint density at radius 1 is 1.21 bits per heavy atom. The minimum absolute atomic E-state index is 0.580. The fraction of sp³-hybridized carbons (Fsp3) is 0.455. The van der Waals surface area contributed by atoms with E-state index in [0.29, 0.717) is 11.9 Å². The first kappa shape index (κ1) is 18.7. The molecule has 4 rings (SSSR count). The average Bonchev–Trinajstić information content (AvgIpc) is 3.37. The first-order valence-electron chi connectivity index (χ1n) is 10.0. The molecule has 0 N–H and O–H groups in total. The fourth-order valence-corrected chi connectivity index (χ4v) is 3.94. The molecular formula is C22H28N4O2. The van der Waals surface area contributed by atoms with Crippen molar-refractivity contribution in [3.63, 3.8) is 0 Å². The molecular weight excluding hydrogens is 352 g/mol. The molecule has 1 aromatic carbocycles. The summed E-state index contributed by atoms with van der Waals surface area (Å²) in [5.74, 6) is 2.42. The zero-order valence-electron chi connectivity index (χ0n) is 16.7. The normalized spacial score (nSPS) is 17.7. The highest BCUT2D eigenvalue weighted by Crippen LogP contribution is 2.27. The summed E-state index contributed by atoms with van der Waals surface area (Å²) in [5, 5.41) is 0. The summed E-state index contributed by atoms with van der Waals surface area (Å²) in [6.45, 7) is 4.99. The summed E-state index contributed by atoms with van der Waals surface area (Å²) >= 11 is 0. The van der Waals surface area contributed by atoms with Gasteiger partial charge in [-0.2, -0.15) is 0 Å². The van der Waals surface area contributed by atoms with Gasteiger partial charge in [-0.1, -0.05) is 6.42 Å². The van der Waals surface area contributed by atoms with E-state index in [1.165, 1.54) is 19.3 Å². The Balaban J connectivity index is 1.44. The number of nitrogens with zero attached hydrogens (tertiary/aromatic N) is 4. The molecule has 28 heavy (non-hydrogen) atoms. The van der Waals surface area contributed by atoms with E-state index in [-0.39, 0.29) is 0 Å². The van der Waals surface area contributed by atoms with Gasteiger partial charge in [0, 0.05) is 37.1 Å². The van der Waals surface area contributed by atoms with Gasteiger partial charge in [-0.3, -0.25) is 4.90 Å². The van der Waals surface area contributed by atoms with Crippen molar-refractivity contribution < 1.29 is 9.15 Å². The maximum atomic E-state index is 5.98. The molecule has 1 aliphatic rings. The quantitative estimate of drug-likeness (QED) is 0.612. The lowest BCUT2D eigenvalue weighted by atomic mass is 9.99. The second-order valence-electron chi connectivity index (χ2n) is 7.46. The molecule has 0 bridgehead atoms. The monoisotopic (exact) mass is 380 g/mol. The number of ether oxygens (including phenoxy) is 1. The summed E-state index contributed by atoms with van der Waals surface area (Å²) in [7, 11) is 1.67. The van der Waals surface area contributed by atoms with Crippen LogP contribution in [0.3, 0.4) is 0 Å². The van der Waals surface area contributed by atoms with Crippen LogP contribution in [0.2, 0.25) is 0 Å². The second kappa shape index (κ2) is 8.61. The Bertz CT molecular complexity index is 871. The third-order valence-electron chi connectivity index (χ3n) is 5.61. The fourth-order valence-electron chi connectivity index (χ4n) is 3.94. The van der Waals surface area contributed by atoms with Crippen LogP contribution in [0.4, 0.5) is 0 Å². The maximum absolute atomic E-state index is 5.98. The van der Waals surface area contributed by atoms with Crippen LogP contribution in [-0.2, 0) is 13.1 Å². The lowest BCUT2D eigenvalue weighted by Gasteiger charge is -2.35. The largest absolute Gasteiger partial charge is 0.497 e. The van der Waals surface area contributed by atoms with Gasteiger partial charge < -0.3 is 13.7 Å². The molecule has 1 aliphatic heterocycles. The predicted molar refractivity (Wildman–Crippen MR) is 108 cm³/mol. The van der Waals surface area contributed by atoms with Gasteiger partial charge in [-0.05, 0) is 57.0 Å². The van der Waals surface area contributed by atoms with Crippen LogP contribution in [0.5, 0.6) is 5.75 Å². The van der Waals surface area contributed by atoms with E-state index in [9.17, 15) is 0 Å². The van der Waals surface area contributed by atoms with Crippen LogP contribution >= 0.6 is 0 Å². The molecule has 148 valence electrons. The van der Waals surface area contributed by atoms with E-state index in [1.54, 1.807) is 7.11 Å². The Kier molecular flexibility index (Phi) is 5.76. The molecule has 0 spiro atoms. The number of rotatable bonds is 7. The first-order valence-corrected chi connectivity index (χ1v) is 10.0. The third kappa shape index (κ3) is 4.28. The molecule has 1 unspecified atom stereocenters. The number of oxazole rings is 1. The van der Waals surface area contributed by atoms with Gasteiger partial charge >= 0.3 is 0 Å². The summed E-state index contributed by atoms with van der Waals surface area (Å²) in [6.07, 6.45) is 10.7. The van der Waals surface area contributed by atoms with Gasteiger partial charge in [0.25, 0.3) is 0 Å². The van der Waals surface area contributed by atoms with Crippen LogP contribution in [0.25, 0.3) is 11.5 Å². The number of hydrogen-bond acceptors (Lipinski definition) is 5. The molecule has 2 aromatic heterocycles. The number of benzene rings is 1. The van der Waals surface area contributed by atoms with Crippen LogP contribution in [-0.4, -0.2) is 39.1 Å². The van der Waals surface area contributed by atoms with Gasteiger partial charge in [-0.25, -0.2) is 9.97 Å². The zero-order chi connectivity index (χ0) is 19.3. The number of piperidine rings is 1. The molecule has 6 nitrogen and oxygen atoms in total. The molecule has 0 saturated carbocycles. The van der Waals surface area contributed by atoms with E-state index in [1.807, 2.05) is 49.9 Å². The van der Waals surface area contributed by atoms with Crippen molar-refractivity contribution in [2.24, 2.45) is 0 Å². The predicted octanol–water partition coefficient (Wildman–Crippen LogP) is 4.30. The average molecular weight is 380 g/mol. The molecule has 0 amide bonds. The number of likely N-dealkylation sites (tertiary alicyclic amines) is 1. The summed E-state index contributed by atoms with van der Waals surface area (Å²) in [5.41, 5.74) is 2.02. The number of aryl methyl sites for hydroxylation is 2. The smallest absolute Gasteiger partial charge is 0.226 e. The number of imidazole rings is 1. The summed E-state index contributed by atoms with van der Waals surface area (Å²) in [4.78, 5) is 11.5. The first-order chi connectivity index (χ1) is 13.7. The highest BCUT2D eigenvalue weighted by atomic mass is 16.5. The van der Waals surface area contributed by atoms with Crippen molar-refractivity contribution in [3.8, 4) is 17.2 Å². The number of hydrogen-bond donors (Lipinski definition) is 0. The number of aromatic nitrogens is 3. The molecule has 0 radical (unpaired) electrons. The van der Waals surface area contributed by atoms with E-state index in [0.717, 1.165) is 48.8 Å². The van der Waals surface area contributed by atoms with Crippen molar-refractivity contribution in [2.75, 3.05) is 13.7 Å². The van der Waals surface area contributed by atoms with Crippen LogP contribution in [0.1, 0.15) is 37.1 Å². The van der Waals surface area contributed by atoms with Crippen molar-refractivity contribution >= 4 is 0 Å². The Morgan fingerprint density at radius 2 is 2.07 bits per heavy atom. The van der Waals surface area contributed by atoms with E-state index in [4.69, 9.17) is 14.1 Å². The summed E-state index contributed by atoms with van der Waals surface area (Å²) in [6, 6.07) is 8.43. The van der Waals surface area contributed by atoms with E-state index < -0.39 is 0 Å². The SMILES string of the molecule is COc1ccc(-c2nc(CN3CCCCC3CCn3ccnc3)c(C)o2)cc1. The highest BCUT2D eigenvalue weighted by Gasteiger charge is 2.24. The van der Waals surface area contributed by atoms with Gasteiger partial charge in [0.2, 0.25) is 5.89 Å². The van der Waals surface area contributed by atoms with Crippen molar-refractivity contribution in [1.82, 2.24) is 19.4 Å². The lowest BCUT2D eigenvalue weighted by Crippen LogP contribution is -2.39. The molecule has 6 heteroatoms. The van der Waals surface area contributed by atoms with Crippen LogP contribution in [0, 0.1) is 6.92 Å². The van der Waals surface area contributed by atoms with Gasteiger partial charge in [0.05, 0.1) is 19.1 Å².